The van der Waals surface area contributed by atoms with E-state index in [2.05, 4.69) is 15.2 Å². The third-order valence-electron chi connectivity index (χ3n) is 5.46. The van der Waals surface area contributed by atoms with E-state index in [0.29, 0.717) is 19.9 Å². The van der Waals surface area contributed by atoms with E-state index in [4.69, 9.17) is 9.47 Å². The summed E-state index contributed by atoms with van der Waals surface area (Å²) in [4.78, 5) is 21.3. The first-order valence-corrected chi connectivity index (χ1v) is 10.1. The number of carbonyl (C=O) groups is 1. The van der Waals surface area contributed by atoms with Crippen molar-refractivity contribution in [3.8, 4) is 17.0 Å². The standard InChI is InChI=1S/C21H29N5O3/c1-21(2)14-28-16-26(21)20(27)25-13-19(23-15-25)17-4-3-5-18(12-17)29-11-10-24-8-6-22-7-9-24/h3-5,12-13,15,22H,6-11,14,16H2,1-2H3. The summed E-state index contributed by atoms with van der Waals surface area (Å²) in [6.45, 7) is 10.6. The van der Waals surface area contributed by atoms with Crippen molar-refractivity contribution in [1.82, 2.24) is 24.7 Å². The molecule has 1 amide bonds. The molecule has 3 heterocycles. The molecule has 0 radical (unpaired) electrons. The van der Waals surface area contributed by atoms with Crippen LogP contribution in [0.3, 0.4) is 0 Å². The maximum atomic E-state index is 12.8. The smallest absolute Gasteiger partial charge is 0.331 e. The Balaban J connectivity index is 1.39. The molecule has 2 aromatic rings. The van der Waals surface area contributed by atoms with Gasteiger partial charge in [0.15, 0.2) is 0 Å². The zero-order valence-corrected chi connectivity index (χ0v) is 17.1. The summed E-state index contributed by atoms with van der Waals surface area (Å²) in [5.74, 6) is 0.813. The van der Waals surface area contributed by atoms with Crippen LogP contribution in [0.5, 0.6) is 5.75 Å². The molecule has 4 rings (SSSR count). The number of ether oxygens (including phenoxy) is 2. The van der Waals surface area contributed by atoms with Crippen LogP contribution in [-0.2, 0) is 4.74 Å². The Kier molecular flexibility index (Phi) is 5.84. The lowest BCUT2D eigenvalue weighted by Gasteiger charge is -2.28. The molecule has 29 heavy (non-hydrogen) atoms. The molecule has 1 aromatic heterocycles. The average molecular weight is 399 g/mol. The largest absolute Gasteiger partial charge is 0.492 e. The Hall–Kier alpha value is -2.42. The van der Waals surface area contributed by atoms with E-state index >= 15 is 0 Å². The summed E-state index contributed by atoms with van der Waals surface area (Å²) >= 11 is 0. The molecule has 156 valence electrons. The minimum Gasteiger partial charge on any atom is -0.492 e. The van der Waals surface area contributed by atoms with Crippen molar-refractivity contribution in [3.05, 3.63) is 36.8 Å². The molecule has 0 atom stereocenters. The predicted octanol–water partition coefficient (Wildman–Crippen LogP) is 1.87. The van der Waals surface area contributed by atoms with Crippen LogP contribution in [0.1, 0.15) is 13.8 Å². The van der Waals surface area contributed by atoms with Gasteiger partial charge in [0.2, 0.25) is 0 Å². The number of aromatic nitrogens is 2. The zero-order valence-electron chi connectivity index (χ0n) is 17.1. The van der Waals surface area contributed by atoms with E-state index in [1.54, 1.807) is 17.4 Å². The molecule has 0 spiro atoms. The van der Waals surface area contributed by atoms with E-state index in [-0.39, 0.29) is 11.6 Å². The molecular formula is C21H29N5O3. The summed E-state index contributed by atoms with van der Waals surface area (Å²) in [6.07, 6.45) is 3.32. The molecule has 0 aliphatic carbocycles. The van der Waals surface area contributed by atoms with Gasteiger partial charge in [-0.1, -0.05) is 12.1 Å². The van der Waals surface area contributed by atoms with Crippen LogP contribution < -0.4 is 10.1 Å². The van der Waals surface area contributed by atoms with Gasteiger partial charge >= 0.3 is 6.03 Å². The highest BCUT2D eigenvalue weighted by atomic mass is 16.5. The van der Waals surface area contributed by atoms with Gasteiger partial charge in [0, 0.05) is 44.5 Å². The van der Waals surface area contributed by atoms with Crippen LogP contribution in [0.2, 0.25) is 0 Å². The maximum Gasteiger partial charge on any atom is 0.331 e. The molecule has 0 unspecified atom stereocenters. The van der Waals surface area contributed by atoms with Crippen molar-refractivity contribution in [2.24, 2.45) is 0 Å². The number of rotatable bonds is 5. The van der Waals surface area contributed by atoms with Crippen LogP contribution in [0.25, 0.3) is 11.3 Å². The van der Waals surface area contributed by atoms with E-state index in [1.165, 1.54) is 4.57 Å². The van der Waals surface area contributed by atoms with Gasteiger partial charge in [0.1, 0.15) is 25.4 Å². The number of carbonyl (C=O) groups excluding carboxylic acids is 1. The predicted molar refractivity (Wildman–Crippen MR) is 110 cm³/mol. The molecule has 8 heteroatoms. The van der Waals surface area contributed by atoms with E-state index < -0.39 is 0 Å². The molecule has 0 bridgehead atoms. The number of nitrogens with zero attached hydrogens (tertiary/aromatic N) is 4. The molecule has 2 aliphatic rings. The fourth-order valence-electron chi connectivity index (χ4n) is 3.64. The molecule has 8 nitrogen and oxygen atoms in total. The van der Waals surface area contributed by atoms with Gasteiger partial charge in [-0.3, -0.25) is 14.4 Å². The molecule has 2 saturated heterocycles. The average Bonchev–Trinajstić information content (AvgIpc) is 3.35. The Morgan fingerprint density at radius 3 is 2.90 bits per heavy atom. The number of nitrogens with one attached hydrogen (secondary N) is 1. The Bertz CT molecular complexity index is 844. The third-order valence-corrected chi connectivity index (χ3v) is 5.46. The highest BCUT2D eigenvalue weighted by Crippen LogP contribution is 2.25. The first kappa shape index (κ1) is 19.9. The highest BCUT2D eigenvalue weighted by molar-refractivity contribution is 5.79. The Labute approximate surface area is 171 Å². The van der Waals surface area contributed by atoms with Crippen molar-refractivity contribution >= 4 is 6.03 Å². The first-order chi connectivity index (χ1) is 14.0. The molecular weight excluding hydrogens is 370 g/mol. The normalized spacial score (nSPS) is 19.4. The van der Waals surface area contributed by atoms with Crippen LogP contribution in [0, 0.1) is 0 Å². The number of piperazine rings is 1. The van der Waals surface area contributed by atoms with Crippen molar-refractivity contribution in [2.75, 3.05) is 52.7 Å². The summed E-state index contributed by atoms with van der Waals surface area (Å²) in [5.41, 5.74) is 1.34. The summed E-state index contributed by atoms with van der Waals surface area (Å²) in [5, 5.41) is 3.36. The Morgan fingerprint density at radius 2 is 2.14 bits per heavy atom. The second-order valence-corrected chi connectivity index (χ2v) is 8.13. The second-order valence-electron chi connectivity index (χ2n) is 8.13. The van der Waals surface area contributed by atoms with Gasteiger partial charge < -0.3 is 14.8 Å². The van der Waals surface area contributed by atoms with Crippen molar-refractivity contribution in [3.63, 3.8) is 0 Å². The Morgan fingerprint density at radius 1 is 1.31 bits per heavy atom. The number of imidazole rings is 1. The summed E-state index contributed by atoms with van der Waals surface area (Å²) < 4.78 is 12.9. The van der Waals surface area contributed by atoms with E-state index in [1.807, 2.05) is 38.1 Å². The lowest BCUT2D eigenvalue weighted by atomic mass is 10.1. The number of amides is 1. The fourth-order valence-corrected chi connectivity index (χ4v) is 3.64. The van der Waals surface area contributed by atoms with Gasteiger partial charge in [0.25, 0.3) is 0 Å². The van der Waals surface area contributed by atoms with Crippen molar-refractivity contribution in [2.45, 2.75) is 19.4 Å². The molecule has 1 N–H and O–H groups in total. The van der Waals surface area contributed by atoms with Crippen LogP contribution in [0.15, 0.2) is 36.8 Å². The molecule has 0 saturated carbocycles. The number of hydrogen-bond acceptors (Lipinski definition) is 6. The molecule has 2 fully saturated rings. The molecule has 2 aliphatic heterocycles. The lowest BCUT2D eigenvalue weighted by molar-refractivity contribution is 0.140. The van der Waals surface area contributed by atoms with Gasteiger partial charge in [-0.05, 0) is 26.0 Å². The second kappa shape index (κ2) is 8.52. The third kappa shape index (κ3) is 4.60. The van der Waals surface area contributed by atoms with Gasteiger partial charge in [-0.15, -0.1) is 0 Å². The number of benzene rings is 1. The SMILES string of the molecule is CC1(C)COCN1C(=O)n1cnc(-c2cccc(OCCN3CCNCC3)c2)c1. The minimum atomic E-state index is -0.320. The minimum absolute atomic E-state index is 0.130. The fraction of sp³-hybridized carbons (Fsp3) is 0.524. The zero-order chi connectivity index (χ0) is 20.3. The van der Waals surface area contributed by atoms with Gasteiger partial charge in [-0.2, -0.15) is 0 Å². The van der Waals surface area contributed by atoms with E-state index in [9.17, 15) is 4.79 Å². The van der Waals surface area contributed by atoms with Crippen molar-refractivity contribution in [1.29, 1.82) is 0 Å². The van der Waals surface area contributed by atoms with Gasteiger partial charge in [-0.25, -0.2) is 9.78 Å². The topological polar surface area (TPSA) is 71.9 Å². The summed E-state index contributed by atoms with van der Waals surface area (Å²) in [6, 6.07) is 7.72. The van der Waals surface area contributed by atoms with Crippen LogP contribution >= 0.6 is 0 Å². The maximum absolute atomic E-state index is 12.8. The highest BCUT2D eigenvalue weighted by Gasteiger charge is 2.37. The number of hydrogen-bond donors (Lipinski definition) is 1. The molecule has 1 aromatic carbocycles. The van der Waals surface area contributed by atoms with Gasteiger partial charge in [0.05, 0.1) is 17.8 Å². The quantitative estimate of drug-likeness (QED) is 0.828. The lowest BCUT2D eigenvalue weighted by Crippen LogP contribution is -2.45. The summed E-state index contributed by atoms with van der Waals surface area (Å²) in [7, 11) is 0. The first-order valence-electron chi connectivity index (χ1n) is 10.1. The monoisotopic (exact) mass is 399 g/mol. The van der Waals surface area contributed by atoms with E-state index in [0.717, 1.165) is 49.7 Å². The van der Waals surface area contributed by atoms with Crippen LogP contribution in [0.4, 0.5) is 4.79 Å². The van der Waals surface area contributed by atoms with Crippen LogP contribution in [-0.4, -0.2) is 83.6 Å². The van der Waals surface area contributed by atoms with Crippen molar-refractivity contribution < 1.29 is 14.3 Å².